The van der Waals surface area contributed by atoms with E-state index < -0.39 is 0 Å². The highest BCUT2D eigenvalue weighted by Crippen LogP contribution is 2.12. The first-order valence-corrected chi connectivity index (χ1v) is 6.58. The second-order valence-corrected chi connectivity index (χ2v) is 4.66. The molecule has 1 aromatic carbocycles. The van der Waals surface area contributed by atoms with Crippen molar-refractivity contribution in [3.63, 3.8) is 0 Å². The van der Waals surface area contributed by atoms with E-state index in [0.29, 0.717) is 0 Å². The number of aliphatic hydroxyl groups excluding tert-OH is 1. The number of aliphatic hydroxyl groups is 1. The maximum Gasteiger partial charge on any atom is 0.0633 e. The molecule has 0 aliphatic rings. The van der Waals surface area contributed by atoms with Crippen molar-refractivity contribution < 1.29 is 5.11 Å². The van der Waals surface area contributed by atoms with E-state index in [2.05, 4.69) is 42.8 Å². The van der Waals surface area contributed by atoms with Crippen LogP contribution in [0.25, 0.3) is 0 Å². The summed E-state index contributed by atoms with van der Waals surface area (Å²) in [6, 6.07) is 8.42. The number of rotatable bonds is 6. The summed E-state index contributed by atoms with van der Waals surface area (Å²) in [7, 11) is 0. The molecule has 0 aliphatic carbocycles. The van der Waals surface area contributed by atoms with Crippen molar-refractivity contribution in [3.05, 3.63) is 29.8 Å². The summed E-state index contributed by atoms with van der Waals surface area (Å²) in [5.41, 5.74) is 2.34. The van der Waals surface area contributed by atoms with Gasteiger partial charge in [0.25, 0.3) is 0 Å². The summed E-state index contributed by atoms with van der Waals surface area (Å²) in [5.74, 6) is 1.07. The molecule has 0 amide bonds. The first-order chi connectivity index (χ1) is 7.26. The molecule has 0 aromatic heterocycles. The molecule has 0 radical (unpaired) electrons. The Morgan fingerprint density at radius 2 is 2.00 bits per heavy atom. The molecule has 0 bridgehead atoms. The van der Waals surface area contributed by atoms with Crippen LogP contribution in [0.4, 0.5) is 5.69 Å². The van der Waals surface area contributed by atoms with Gasteiger partial charge in [0.15, 0.2) is 0 Å². The van der Waals surface area contributed by atoms with Gasteiger partial charge >= 0.3 is 0 Å². The second kappa shape index (κ2) is 6.75. The molecule has 1 aromatic rings. The molecule has 1 unspecified atom stereocenters. The second-order valence-electron chi connectivity index (χ2n) is 3.67. The molecule has 0 aliphatic heterocycles. The number of hydrogen-bond donors (Lipinski definition) is 2. The Morgan fingerprint density at radius 3 is 2.53 bits per heavy atom. The summed E-state index contributed by atoms with van der Waals surface area (Å²) in [6.45, 7) is 2.26. The monoisotopic (exact) mass is 225 g/mol. The van der Waals surface area contributed by atoms with Gasteiger partial charge in [0, 0.05) is 11.7 Å². The molecule has 0 saturated heterocycles. The Kier molecular flexibility index (Phi) is 5.58. The Labute approximate surface area is 96.1 Å². The molecule has 0 saturated carbocycles. The third kappa shape index (κ3) is 4.58. The van der Waals surface area contributed by atoms with Crippen LogP contribution in [0, 0.1) is 6.92 Å². The van der Waals surface area contributed by atoms with Crippen molar-refractivity contribution in [1.82, 2.24) is 0 Å². The van der Waals surface area contributed by atoms with E-state index in [9.17, 15) is 5.11 Å². The molecular formula is C12H19NOS. The fourth-order valence-electron chi connectivity index (χ4n) is 1.35. The van der Waals surface area contributed by atoms with Crippen LogP contribution in [0.3, 0.4) is 0 Å². The van der Waals surface area contributed by atoms with E-state index in [4.69, 9.17) is 0 Å². The summed E-state index contributed by atoms with van der Waals surface area (Å²) in [5, 5.41) is 12.5. The zero-order chi connectivity index (χ0) is 11.1. The Hall–Kier alpha value is -0.670. The smallest absolute Gasteiger partial charge is 0.0633 e. The lowest BCUT2D eigenvalue weighted by Crippen LogP contribution is -2.24. The molecular weight excluding hydrogens is 206 g/mol. The van der Waals surface area contributed by atoms with Crippen LogP contribution in [-0.4, -0.2) is 29.8 Å². The Morgan fingerprint density at radius 1 is 1.33 bits per heavy atom. The minimum atomic E-state index is 0.167. The van der Waals surface area contributed by atoms with Crippen LogP contribution < -0.4 is 5.32 Å². The van der Waals surface area contributed by atoms with Gasteiger partial charge in [0.2, 0.25) is 0 Å². The van der Waals surface area contributed by atoms with Crippen LogP contribution in [0.2, 0.25) is 0 Å². The summed E-state index contributed by atoms with van der Waals surface area (Å²) in [6.07, 6.45) is 3.08. The maximum absolute atomic E-state index is 9.20. The third-order valence-electron chi connectivity index (χ3n) is 2.31. The average Bonchev–Trinajstić information content (AvgIpc) is 2.27. The van der Waals surface area contributed by atoms with Gasteiger partial charge in [0.05, 0.1) is 6.61 Å². The minimum absolute atomic E-state index is 0.167. The van der Waals surface area contributed by atoms with Gasteiger partial charge in [-0.05, 0) is 37.5 Å². The predicted molar refractivity (Wildman–Crippen MR) is 68.7 cm³/mol. The van der Waals surface area contributed by atoms with E-state index in [1.54, 1.807) is 0 Å². The Bertz CT molecular complexity index is 273. The number of hydrogen-bond acceptors (Lipinski definition) is 3. The molecule has 15 heavy (non-hydrogen) atoms. The standard InChI is InChI=1S/C12H19NOS/c1-10-3-5-11(6-4-10)13-12(9-14)7-8-15-2/h3-6,12-14H,7-9H2,1-2H3. The van der Waals surface area contributed by atoms with Crippen molar-refractivity contribution in [3.8, 4) is 0 Å². The molecule has 0 spiro atoms. The lowest BCUT2D eigenvalue weighted by atomic mass is 10.2. The van der Waals surface area contributed by atoms with E-state index in [0.717, 1.165) is 17.9 Å². The molecule has 84 valence electrons. The van der Waals surface area contributed by atoms with Gasteiger partial charge < -0.3 is 10.4 Å². The topological polar surface area (TPSA) is 32.3 Å². The van der Waals surface area contributed by atoms with Crippen molar-refractivity contribution in [2.75, 3.05) is 23.9 Å². The van der Waals surface area contributed by atoms with Crippen molar-refractivity contribution in [1.29, 1.82) is 0 Å². The zero-order valence-electron chi connectivity index (χ0n) is 9.36. The highest BCUT2D eigenvalue weighted by atomic mass is 32.2. The third-order valence-corrected chi connectivity index (χ3v) is 2.96. The van der Waals surface area contributed by atoms with E-state index in [1.165, 1.54) is 5.56 Å². The molecule has 0 heterocycles. The molecule has 1 atom stereocenters. The van der Waals surface area contributed by atoms with Gasteiger partial charge in [0.1, 0.15) is 0 Å². The van der Waals surface area contributed by atoms with Gasteiger partial charge in [-0.3, -0.25) is 0 Å². The van der Waals surface area contributed by atoms with E-state index in [1.807, 2.05) is 11.8 Å². The largest absolute Gasteiger partial charge is 0.394 e. The number of thioether (sulfide) groups is 1. The van der Waals surface area contributed by atoms with E-state index in [-0.39, 0.29) is 12.6 Å². The highest BCUT2D eigenvalue weighted by Gasteiger charge is 2.05. The number of anilines is 1. The zero-order valence-corrected chi connectivity index (χ0v) is 10.2. The van der Waals surface area contributed by atoms with Gasteiger partial charge in [-0.15, -0.1) is 0 Å². The van der Waals surface area contributed by atoms with Crippen LogP contribution in [0.1, 0.15) is 12.0 Å². The summed E-state index contributed by atoms with van der Waals surface area (Å²) >= 11 is 1.81. The maximum atomic E-state index is 9.20. The molecule has 3 heteroatoms. The lowest BCUT2D eigenvalue weighted by Gasteiger charge is -2.17. The van der Waals surface area contributed by atoms with Crippen molar-refractivity contribution >= 4 is 17.4 Å². The Balaban J connectivity index is 2.47. The number of aryl methyl sites for hydroxylation is 1. The van der Waals surface area contributed by atoms with E-state index >= 15 is 0 Å². The quantitative estimate of drug-likeness (QED) is 0.780. The van der Waals surface area contributed by atoms with Crippen LogP contribution in [0.15, 0.2) is 24.3 Å². The highest BCUT2D eigenvalue weighted by molar-refractivity contribution is 7.98. The van der Waals surface area contributed by atoms with Crippen LogP contribution in [-0.2, 0) is 0 Å². The normalized spacial score (nSPS) is 12.5. The molecule has 2 N–H and O–H groups in total. The van der Waals surface area contributed by atoms with Gasteiger partial charge in [-0.25, -0.2) is 0 Å². The number of benzene rings is 1. The summed E-state index contributed by atoms with van der Waals surface area (Å²) in [4.78, 5) is 0. The van der Waals surface area contributed by atoms with Gasteiger partial charge in [-0.2, -0.15) is 11.8 Å². The number of nitrogens with one attached hydrogen (secondary N) is 1. The first-order valence-electron chi connectivity index (χ1n) is 5.19. The van der Waals surface area contributed by atoms with Gasteiger partial charge in [-0.1, -0.05) is 17.7 Å². The lowest BCUT2D eigenvalue weighted by molar-refractivity contribution is 0.272. The van der Waals surface area contributed by atoms with Crippen molar-refractivity contribution in [2.24, 2.45) is 0 Å². The predicted octanol–water partition coefficient (Wildman–Crippen LogP) is 2.52. The summed E-state index contributed by atoms with van der Waals surface area (Å²) < 4.78 is 0. The minimum Gasteiger partial charge on any atom is -0.394 e. The fraction of sp³-hybridized carbons (Fsp3) is 0.500. The van der Waals surface area contributed by atoms with Crippen molar-refractivity contribution in [2.45, 2.75) is 19.4 Å². The van der Waals surface area contributed by atoms with Crippen LogP contribution in [0.5, 0.6) is 0 Å². The molecule has 0 fully saturated rings. The molecule has 1 rings (SSSR count). The van der Waals surface area contributed by atoms with Crippen LogP contribution >= 0.6 is 11.8 Å². The average molecular weight is 225 g/mol. The fourth-order valence-corrected chi connectivity index (χ4v) is 1.87. The molecule has 2 nitrogen and oxygen atoms in total. The first kappa shape index (κ1) is 12.4. The SMILES string of the molecule is CSCCC(CO)Nc1ccc(C)cc1.